The molecule has 0 bridgehead atoms. The first-order valence-electron chi connectivity index (χ1n) is 5.55. The third-order valence-corrected chi connectivity index (χ3v) is 3.61. The second-order valence-electron chi connectivity index (χ2n) is 4.15. The van der Waals surface area contributed by atoms with Crippen LogP contribution in [0.4, 0.5) is 0 Å². The lowest BCUT2D eigenvalue weighted by molar-refractivity contribution is 0.0692. The highest BCUT2D eigenvalue weighted by Crippen LogP contribution is 2.30. The Hall–Kier alpha value is -1.46. The number of aryl methyl sites for hydroxylation is 2. The molecule has 0 amide bonds. The predicted octanol–water partition coefficient (Wildman–Crippen LogP) is 2.82. The molecule has 0 radical (unpaired) electrons. The van der Waals surface area contributed by atoms with Gasteiger partial charge in [-0.3, -0.25) is 0 Å². The first kappa shape index (κ1) is 14.0. The average Bonchev–Trinajstić information content (AvgIpc) is 2.59. The van der Waals surface area contributed by atoms with Gasteiger partial charge in [0.15, 0.2) is 0 Å². The summed E-state index contributed by atoms with van der Waals surface area (Å²) in [5.41, 5.74) is 0.451. The molecule has 7 heteroatoms. The standard InChI is InChI=1S/C12H12Cl2N2O3/c1-6-10(12(17)18)11(16(2)15-6)19-7-3-4-8(13)9(14)5-7/h3-4,9H,5H2,1-2H3,(H,17,18). The van der Waals surface area contributed by atoms with E-state index >= 15 is 0 Å². The van der Waals surface area contributed by atoms with Crippen LogP contribution in [0.3, 0.4) is 0 Å². The molecule has 2 rings (SSSR count). The number of carboxylic acid groups (broad SMARTS) is 1. The van der Waals surface area contributed by atoms with E-state index in [2.05, 4.69) is 5.10 Å². The van der Waals surface area contributed by atoms with Gasteiger partial charge >= 0.3 is 5.97 Å². The molecule has 0 fully saturated rings. The number of carbonyl (C=O) groups is 1. The largest absolute Gasteiger partial charge is 0.477 e. The molecule has 0 saturated carbocycles. The topological polar surface area (TPSA) is 64.4 Å². The molecule has 1 aromatic rings. The van der Waals surface area contributed by atoms with E-state index in [0.717, 1.165) is 0 Å². The Morgan fingerprint density at radius 3 is 2.84 bits per heavy atom. The summed E-state index contributed by atoms with van der Waals surface area (Å²) in [7, 11) is 1.62. The molecule has 0 spiro atoms. The highest BCUT2D eigenvalue weighted by atomic mass is 35.5. The van der Waals surface area contributed by atoms with Crippen LogP contribution in [0, 0.1) is 6.92 Å². The molecule has 1 unspecified atom stereocenters. The number of hydrogen-bond acceptors (Lipinski definition) is 3. The molecule has 1 aliphatic rings. The van der Waals surface area contributed by atoms with Gasteiger partial charge in [-0.15, -0.1) is 11.6 Å². The summed E-state index contributed by atoms with van der Waals surface area (Å²) in [6.07, 6.45) is 3.72. The van der Waals surface area contributed by atoms with E-state index in [1.807, 2.05) is 0 Å². The number of allylic oxidation sites excluding steroid dienone is 4. The van der Waals surface area contributed by atoms with Crippen LogP contribution in [0.15, 0.2) is 22.9 Å². The number of rotatable bonds is 3. The molecule has 19 heavy (non-hydrogen) atoms. The average molecular weight is 303 g/mol. The van der Waals surface area contributed by atoms with Crippen LogP contribution in [0.2, 0.25) is 0 Å². The van der Waals surface area contributed by atoms with Crippen molar-refractivity contribution in [3.05, 3.63) is 34.2 Å². The lowest BCUT2D eigenvalue weighted by Gasteiger charge is -2.17. The van der Waals surface area contributed by atoms with Gasteiger partial charge in [-0.05, 0) is 19.1 Å². The Morgan fingerprint density at radius 1 is 1.58 bits per heavy atom. The van der Waals surface area contributed by atoms with Crippen molar-refractivity contribution in [1.82, 2.24) is 9.78 Å². The molecule has 1 aliphatic carbocycles. The number of carboxylic acids is 1. The summed E-state index contributed by atoms with van der Waals surface area (Å²) < 4.78 is 7.00. The van der Waals surface area contributed by atoms with Gasteiger partial charge in [0.2, 0.25) is 5.88 Å². The van der Waals surface area contributed by atoms with E-state index in [1.165, 1.54) is 4.68 Å². The third-order valence-electron chi connectivity index (χ3n) is 2.72. The van der Waals surface area contributed by atoms with Crippen LogP contribution >= 0.6 is 23.2 Å². The molecular weight excluding hydrogens is 291 g/mol. The predicted molar refractivity (Wildman–Crippen MR) is 71.8 cm³/mol. The normalized spacial score (nSPS) is 18.8. The minimum absolute atomic E-state index is 0.0511. The fraction of sp³-hybridized carbons (Fsp3) is 0.333. The lowest BCUT2D eigenvalue weighted by Crippen LogP contribution is -2.12. The summed E-state index contributed by atoms with van der Waals surface area (Å²) in [6, 6.07) is 0. The summed E-state index contributed by atoms with van der Waals surface area (Å²) in [5.74, 6) is -0.338. The van der Waals surface area contributed by atoms with Crippen LogP contribution < -0.4 is 4.74 Å². The third kappa shape index (κ3) is 2.77. The quantitative estimate of drug-likeness (QED) is 0.872. The Labute approximate surface area is 120 Å². The van der Waals surface area contributed by atoms with Crippen LogP contribution in [-0.4, -0.2) is 26.2 Å². The maximum Gasteiger partial charge on any atom is 0.343 e. The first-order valence-corrected chi connectivity index (χ1v) is 6.36. The number of aromatic carboxylic acids is 1. The van der Waals surface area contributed by atoms with Crippen LogP contribution in [0.5, 0.6) is 5.88 Å². The fourth-order valence-corrected chi connectivity index (χ4v) is 2.18. The molecule has 1 heterocycles. The monoisotopic (exact) mass is 302 g/mol. The van der Waals surface area contributed by atoms with Gasteiger partial charge in [0.1, 0.15) is 11.3 Å². The second kappa shape index (κ2) is 5.27. The van der Waals surface area contributed by atoms with Gasteiger partial charge in [0.05, 0.1) is 11.1 Å². The van der Waals surface area contributed by atoms with E-state index in [1.54, 1.807) is 26.1 Å². The Bertz CT molecular complexity index is 590. The van der Waals surface area contributed by atoms with Crippen LogP contribution in [0.25, 0.3) is 0 Å². The highest BCUT2D eigenvalue weighted by molar-refractivity contribution is 6.37. The number of hydrogen-bond donors (Lipinski definition) is 1. The van der Waals surface area contributed by atoms with E-state index < -0.39 is 5.97 Å². The van der Waals surface area contributed by atoms with Crippen molar-refractivity contribution in [1.29, 1.82) is 0 Å². The van der Waals surface area contributed by atoms with Crippen LogP contribution in [0.1, 0.15) is 22.5 Å². The molecule has 0 saturated heterocycles. The molecule has 1 atom stereocenters. The molecule has 0 aliphatic heterocycles. The van der Waals surface area contributed by atoms with E-state index in [4.69, 9.17) is 27.9 Å². The molecule has 102 valence electrons. The summed E-state index contributed by atoms with van der Waals surface area (Å²) in [6.45, 7) is 1.62. The number of nitrogens with zero attached hydrogens (tertiary/aromatic N) is 2. The number of ether oxygens (including phenoxy) is 1. The van der Waals surface area contributed by atoms with Crippen molar-refractivity contribution < 1.29 is 14.6 Å². The van der Waals surface area contributed by atoms with E-state index in [-0.39, 0.29) is 16.8 Å². The molecule has 1 N–H and O–H groups in total. The highest BCUT2D eigenvalue weighted by Gasteiger charge is 2.24. The number of aromatic nitrogens is 2. The maximum absolute atomic E-state index is 11.2. The summed E-state index contributed by atoms with van der Waals surface area (Å²) in [4.78, 5) is 11.2. The maximum atomic E-state index is 11.2. The minimum Gasteiger partial charge on any atom is -0.477 e. The van der Waals surface area contributed by atoms with Crippen LogP contribution in [-0.2, 0) is 7.05 Å². The lowest BCUT2D eigenvalue weighted by atomic mass is 10.1. The number of halogens is 2. The molecule has 0 aromatic carbocycles. The van der Waals surface area contributed by atoms with Crippen molar-refractivity contribution in [2.75, 3.05) is 0 Å². The van der Waals surface area contributed by atoms with Gasteiger partial charge in [-0.1, -0.05) is 11.6 Å². The minimum atomic E-state index is -1.08. The summed E-state index contributed by atoms with van der Waals surface area (Å²) >= 11 is 11.9. The Kier molecular flexibility index (Phi) is 3.87. The Balaban J connectivity index is 2.32. The van der Waals surface area contributed by atoms with Crippen molar-refractivity contribution in [2.45, 2.75) is 18.7 Å². The van der Waals surface area contributed by atoms with Crippen molar-refractivity contribution in [3.63, 3.8) is 0 Å². The summed E-state index contributed by atoms with van der Waals surface area (Å²) in [5, 5.41) is 13.4. The van der Waals surface area contributed by atoms with Gasteiger partial charge in [-0.25, -0.2) is 9.48 Å². The second-order valence-corrected chi connectivity index (χ2v) is 5.12. The first-order chi connectivity index (χ1) is 8.90. The van der Waals surface area contributed by atoms with Crippen molar-refractivity contribution in [3.8, 4) is 5.88 Å². The van der Waals surface area contributed by atoms with E-state index in [0.29, 0.717) is 22.9 Å². The number of alkyl halides is 1. The molecule has 1 aromatic heterocycles. The SMILES string of the molecule is Cc1nn(C)c(OC2=CC=C(Cl)C(Cl)C2)c1C(=O)O. The van der Waals surface area contributed by atoms with Crippen molar-refractivity contribution >= 4 is 29.2 Å². The zero-order valence-corrected chi connectivity index (χ0v) is 11.9. The van der Waals surface area contributed by atoms with Crippen molar-refractivity contribution in [2.24, 2.45) is 7.05 Å². The molecular formula is C12H12Cl2N2O3. The molecule has 5 nitrogen and oxygen atoms in total. The zero-order valence-electron chi connectivity index (χ0n) is 10.4. The van der Waals surface area contributed by atoms with Gasteiger partial charge in [0.25, 0.3) is 0 Å². The van der Waals surface area contributed by atoms with Gasteiger partial charge < -0.3 is 9.84 Å². The Morgan fingerprint density at radius 2 is 2.26 bits per heavy atom. The zero-order chi connectivity index (χ0) is 14.2. The van der Waals surface area contributed by atoms with Gasteiger partial charge in [-0.2, -0.15) is 5.10 Å². The fourth-order valence-electron chi connectivity index (χ4n) is 1.82. The van der Waals surface area contributed by atoms with E-state index in [9.17, 15) is 9.90 Å². The van der Waals surface area contributed by atoms with Gasteiger partial charge in [0, 0.05) is 18.5 Å². The smallest absolute Gasteiger partial charge is 0.343 e.